The average Bonchev–Trinajstić information content (AvgIpc) is 3.32. The molecule has 1 unspecified atom stereocenters. The predicted octanol–water partition coefficient (Wildman–Crippen LogP) is 5.72. The first-order chi connectivity index (χ1) is 21.3. The van der Waals surface area contributed by atoms with Crippen LogP contribution in [0.1, 0.15) is 69.4 Å². The molecule has 0 aliphatic carbocycles. The summed E-state index contributed by atoms with van der Waals surface area (Å²) in [7, 11) is -2.69. The highest BCUT2D eigenvalue weighted by Crippen LogP contribution is 2.28. The largest absolute Gasteiger partial charge is 0.497 e. The van der Waals surface area contributed by atoms with Crippen LogP contribution in [0.4, 0.5) is 0 Å². The monoisotopic (exact) mass is 658 g/mol. The van der Waals surface area contributed by atoms with Crippen LogP contribution in [0.25, 0.3) is 17.0 Å². The maximum absolute atomic E-state index is 13.7. The first-order valence-corrected chi connectivity index (χ1v) is 16.8. The van der Waals surface area contributed by atoms with Crippen molar-refractivity contribution in [1.29, 1.82) is 0 Å². The van der Waals surface area contributed by atoms with E-state index in [0.29, 0.717) is 41.8 Å². The number of amides is 1. The molecule has 2 aromatic carbocycles. The highest BCUT2D eigenvalue weighted by molar-refractivity contribution is 7.85. The quantitative estimate of drug-likeness (QED) is 0.101. The number of hydrogen-bond acceptors (Lipinski definition) is 7. The molecule has 0 saturated carbocycles. The van der Waals surface area contributed by atoms with E-state index in [4.69, 9.17) is 14.0 Å². The lowest BCUT2D eigenvalue weighted by atomic mass is 10.0. The van der Waals surface area contributed by atoms with Gasteiger partial charge in [-0.3, -0.25) is 14.1 Å². The van der Waals surface area contributed by atoms with Crippen LogP contribution in [-0.2, 0) is 26.2 Å². The topological polar surface area (TPSA) is 135 Å². The van der Waals surface area contributed by atoms with Crippen LogP contribution in [0.3, 0.4) is 0 Å². The summed E-state index contributed by atoms with van der Waals surface area (Å²) in [5, 5.41) is 10.3. The van der Waals surface area contributed by atoms with Crippen molar-refractivity contribution in [3.8, 4) is 5.75 Å². The molecule has 1 heterocycles. The Labute approximate surface area is 273 Å². The second-order valence-corrected chi connectivity index (χ2v) is 13.6. The number of ether oxygens (including phenoxy) is 2. The number of ketones is 1. The Hall–Kier alpha value is -3.51. The second kappa shape index (κ2) is 18.0. The van der Waals surface area contributed by atoms with Crippen LogP contribution in [0.2, 0.25) is 0 Å². The van der Waals surface area contributed by atoms with Crippen molar-refractivity contribution in [1.82, 2.24) is 9.47 Å². The Morgan fingerprint density at radius 2 is 1.63 bits per heavy atom. The van der Waals surface area contributed by atoms with Gasteiger partial charge in [0.15, 0.2) is 5.78 Å². The summed E-state index contributed by atoms with van der Waals surface area (Å²) in [6.45, 7) is 9.99. The average molecular weight is 659 g/mol. The predicted molar refractivity (Wildman–Crippen MR) is 183 cm³/mol. The normalized spacial score (nSPS) is 12.5. The van der Waals surface area contributed by atoms with E-state index in [1.165, 1.54) is 0 Å². The maximum Gasteiger partial charge on any atom is 0.267 e. The van der Waals surface area contributed by atoms with Gasteiger partial charge in [0.25, 0.3) is 10.1 Å². The van der Waals surface area contributed by atoms with E-state index < -0.39 is 22.0 Å². The molecule has 254 valence electrons. The zero-order valence-electron chi connectivity index (χ0n) is 26.8. The minimum Gasteiger partial charge on any atom is -0.497 e. The first-order valence-electron chi connectivity index (χ1n) is 15.2. The van der Waals surface area contributed by atoms with Gasteiger partial charge in [0.2, 0.25) is 5.91 Å². The number of fused-ring (bicyclic) bond motifs is 1. The van der Waals surface area contributed by atoms with Crippen LogP contribution < -0.4 is 4.74 Å². The molecule has 0 aliphatic rings. The van der Waals surface area contributed by atoms with Gasteiger partial charge in [-0.25, -0.2) is 0 Å². The molecule has 11 heteroatoms. The highest BCUT2D eigenvalue weighted by Gasteiger charge is 2.21. The van der Waals surface area contributed by atoms with Crippen LogP contribution in [0.15, 0.2) is 54.7 Å². The molecule has 0 saturated heterocycles. The fourth-order valence-corrected chi connectivity index (χ4v) is 5.38. The number of aromatic nitrogens is 1. The number of hydrogen-bond donors (Lipinski definition) is 2. The van der Waals surface area contributed by atoms with Gasteiger partial charge in [-0.05, 0) is 42.4 Å². The van der Waals surface area contributed by atoms with Gasteiger partial charge in [-0.15, -0.1) is 0 Å². The molecule has 2 N–H and O–H groups in total. The van der Waals surface area contributed by atoms with Crippen LogP contribution in [0, 0.1) is 11.8 Å². The minimum atomic E-state index is -4.27. The fourth-order valence-electron chi connectivity index (χ4n) is 4.79. The van der Waals surface area contributed by atoms with E-state index in [-0.39, 0.29) is 38.9 Å². The summed E-state index contributed by atoms with van der Waals surface area (Å²) in [5.74, 6) is 0.662. The molecule has 0 bridgehead atoms. The summed E-state index contributed by atoms with van der Waals surface area (Å²) >= 11 is 0. The number of nitrogens with zero attached hydrogens (tertiary/aromatic N) is 2. The van der Waals surface area contributed by atoms with E-state index in [0.717, 1.165) is 29.3 Å². The van der Waals surface area contributed by atoms with Gasteiger partial charge in [0.1, 0.15) is 18.0 Å². The zero-order valence-corrected chi connectivity index (χ0v) is 27.6. The van der Waals surface area contributed by atoms with E-state index in [2.05, 4.69) is 27.7 Å². The number of aliphatic hydroxyl groups excluding tert-OH is 1. The van der Waals surface area contributed by atoms with Crippen LogP contribution in [0.5, 0.6) is 5.75 Å². The van der Waals surface area contributed by atoms with Crippen molar-refractivity contribution in [2.45, 2.75) is 60.6 Å². The third-order valence-corrected chi connectivity index (χ3v) is 8.16. The number of carbonyl (C=O) groups is 2. The summed E-state index contributed by atoms with van der Waals surface area (Å²) in [6.07, 6.45) is 5.75. The molecule has 3 aromatic rings. The molecule has 1 aromatic heterocycles. The Balaban J connectivity index is 0.00000736. The van der Waals surface area contributed by atoms with Crippen molar-refractivity contribution in [3.05, 3.63) is 71.4 Å². The molecule has 0 fully saturated rings. The number of benzene rings is 2. The van der Waals surface area contributed by atoms with Crippen molar-refractivity contribution in [2.75, 3.05) is 39.2 Å². The number of aliphatic hydroxyl groups is 1. The molecule has 1 amide bonds. The third kappa shape index (κ3) is 12.0. The molecule has 0 spiro atoms. The Kier molecular flexibility index (Phi) is 15.1. The van der Waals surface area contributed by atoms with Crippen LogP contribution in [-0.4, -0.2) is 84.5 Å². The molecule has 3 rings (SSSR count). The Bertz CT molecular complexity index is 1550. The van der Waals surface area contributed by atoms with Crippen molar-refractivity contribution >= 4 is 38.8 Å². The van der Waals surface area contributed by atoms with E-state index in [1.54, 1.807) is 55.8 Å². The van der Waals surface area contributed by atoms with E-state index >= 15 is 0 Å². The minimum absolute atomic E-state index is 0. The molecular formula is C35H50N2O8S. The van der Waals surface area contributed by atoms with Crippen molar-refractivity contribution in [2.24, 2.45) is 11.8 Å². The smallest absolute Gasteiger partial charge is 0.267 e. The second-order valence-electron chi connectivity index (χ2n) is 12.1. The lowest BCUT2D eigenvalue weighted by Gasteiger charge is -2.25. The summed E-state index contributed by atoms with van der Waals surface area (Å²) < 4.78 is 42.9. The van der Waals surface area contributed by atoms with Gasteiger partial charge < -0.3 is 24.0 Å². The van der Waals surface area contributed by atoms with Crippen molar-refractivity contribution in [3.63, 3.8) is 0 Å². The summed E-state index contributed by atoms with van der Waals surface area (Å²) in [4.78, 5) is 29.2. The Morgan fingerprint density at radius 1 is 1.00 bits per heavy atom. The van der Waals surface area contributed by atoms with Crippen molar-refractivity contribution < 1.29 is 37.1 Å². The summed E-state index contributed by atoms with van der Waals surface area (Å²) in [5.41, 5.74) is 2.55. The highest BCUT2D eigenvalue weighted by atomic mass is 32.2. The lowest BCUT2D eigenvalue weighted by Crippen LogP contribution is -2.36. The molecule has 46 heavy (non-hydrogen) atoms. The zero-order chi connectivity index (χ0) is 33.1. The molecule has 10 nitrogen and oxygen atoms in total. The summed E-state index contributed by atoms with van der Waals surface area (Å²) in [6, 6.07) is 12.6. The van der Waals surface area contributed by atoms with Gasteiger partial charge in [-0.1, -0.05) is 71.5 Å². The number of rotatable bonds is 18. The third-order valence-electron chi connectivity index (χ3n) is 7.36. The van der Waals surface area contributed by atoms with Gasteiger partial charge in [0.05, 0.1) is 31.9 Å². The van der Waals surface area contributed by atoms with E-state index in [1.807, 2.05) is 21.6 Å². The maximum atomic E-state index is 13.7. The molecular weight excluding hydrogens is 608 g/mol. The van der Waals surface area contributed by atoms with Crippen LogP contribution >= 0.6 is 0 Å². The molecule has 0 aliphatic heterocycles. The lowest BCUT2D eigenvalue weighted by molar-refractivity contribution is -0.132. The molecule has 1 atom stereocenters. The fraction of sp³-hybridized carbons (Fsp3) is 0.486. The standard InChI is InChI=1S/C34H46N2O8S.CH4/c1-24(2)14-16-35(17-15-25(3)4)33(38)21-36-20-31(30-13-12-29(43-5)19-32(30)36)34(39)27-10-8-26(9-11-27)7-6-18-44-22-28(37)23-45(40,41)42;/h6-13,19-20,24-25,28,37H,14-18,21-23H2,1-5H3,(H,40,41,42);1H4/b7-6+;. The van der Waals surface area contributed by atoms with Gasteiger partial charge >= 0.3 is 0 Å². The SMILES string of the molecule is C.COc1ccc2c(C(=O)c3ccc(/C=C/COCC(O)CS(=O)(=O)O)cc3)cn(CC(=O)N(CCC(C)C)CCC(C)C)c2c1. The van der Waals surface area contributed by atoms with Gasteiger partial charge in [-0.2, -0.15) is 8.42 Å². The number of carbonyl (C=O) groups excluding carboxylic acids is 2. The first kappa shape index (κ1) is 38.7. The van der Waals surface area contributed by atoms with E-state index in [9.17, 15) is 23.1 Å². The molecule has 0 radical (unpaired) electrons. The number of methoxy groups -OCH3 is 1. The Morgan fingerprint density at radius 3 is 2.20 bits per heavy atom. The van der Waals surface area contributed by atoms with Gasteiger partial charge in [0, 0.05) is 41.9 Å².